The number of pyridine rings is 1. The van der Waals surface area contributed by atoms with Crippen molar-refractivity contribution in [1.82, 2.24) is 20.4 Å². The molecule has 1 aliphatic rings. The van der Waals surface area contributed by atoms with Crippen LogP contribution in [0.4, 0.5) is 5.82 Å². The van der Waals surface area contributed by atoms with Gasteiger partial charge in [0.2, 0.25) is 0 Å². The highest BCUT2D eigenvalue weighted by Crippen LogP contribution is 2.31. The van der Waals surface area contributed by atoms with Crippen molar-refractivity contribution in [2.45, 2.75) is 18.4 Å². The van der Waals surface area contributed by atoms with Crippen LogP contribution in [0.25, 0.3) is 0 Å². The maximum atomic E-state index is 11.0. The van der Waals surface area contributed by atoms with Gasteiger partial charge in [0.1, 0.15) is 17.1 Å². The average molecular weight is 289 g/mol. The van der Waals surface area contributed by atoms with Crippen molar-refractivity contribution in [3.8, 4) is 0 Å². The number of piperidine rings is 1. The van der Waals surface area contributed by atoms with E-state index in [1.807, 2.05) is 4.90 Å². The Bertz CT molecular complexity index is 645. The van der Waals surface area contributed by atoms with Gasteiger partial charge in [-0.3, -0.25) is 0 Å². The molecule has 3 rings (SSSR count). The molecule has 3 heterocycles. The van der Waals surface area contributed by atoms with Crippen LogP contribution >= 0.6 is 0 Å². The van der Waals surface area contributed by atoms with Crippen LogP contribution in [0.1, 0.15) is 29.0 Å². The van der Waals surface area contributed by atoms with Gasteiger partial charge in [-0.05, 0) is 25.0 Å². The first kappa shape index (κ1) is 13.5. The number of rotatable bonds is 3. The first-order chi connectivity index (χ1) is 10.1. The molecule has 0 amide bonds. The highest BCUT2D eigenvalue weighted by molar-refractivity contribution is 5.85. The number of aliphatic hydroxyl groups is 1. The van der Waals surface area contributed by atoms with Gasteiger partial charge in [0.25, 0.3) is 0 Å². The smallest absolute Gasteiger partial charge is 0.354 e. The number of nitrogens with one attached hydrogen (secondary N) is 1. The van der Waals surface area contributed by atoms with E-state index in [0.717, 1.165) is 6.42 Å². The second-order valence-electron chi connectivity index (χ2n) is 5.10. The highest BCUT2D eigenvalue weighted by Gasteiger charge is 2.37. The molecule has 21 heavy (non-hydrogen) atoms. The molecule has 0 radical (unpaired) electrons. The molecule has 0 aliphatic carbocycles. The summed E-state index contributed by atoms with van der Waals surface area (Å²) in [5.41, 5.74) is -0.628. The third kappa shape index (κ3) is 2.57. The third-order valence-corrected chi connectivity index (χ3v) is 3.64. The number of carboxylic acid groups (broad SMARTS) is 1. The van der Waals surface area contributed by atoms with E-state index in [2.05, 4.69) is 20.4 Å². The summed E-state index contributed by atoms with van der Waals surface area (Å²) in [7, 11) is 0. The second kappa shape index (κ2) is 5.13. The summed E-state index contributed by atoms with van der Waals surface area (Å²) in [6.45, 7) is 1.01. The van der Waals surface area contributed by atoms with Gasteiger partial charge in [0.05, 0.1) is 12.7 Å². The Morgan fingerprint density at radius 1 is 1.43 bits per heavy atom. The summed E-state index contributed by atoms with van der Waals surface area (Å²) < 4.78 is 0. The summed E-state index contributed by atoms with van der Waals surface area (Å²) in [6.07, 6.45) is 2.83. The SMILES string of the molecule is O=C(O)c1cccc(N2CCCC(O)(c3cn[nH]n3)C2)n1. The van der Waals surface area contributed by atoms with Crippen LogP contribution in [0.2, 0.25) is 0 Å². The largest absolute Gasteiger partial charge is 0.477 e. The number of aromatic nitrogens is 4. The summed E-state index contributed by atoms with van der Waals surface area (Å²) in [6, 6.07) is 4.83. The summed E-state index contributed by atoms with van der Waals surface area (Å²) in [5, 5.41) is 29.9. The molecule has 0 saturated carbocycles. The van der Waals surface area contributed by atoms with Crippen LogP contribution in [0.5, 0.6) is 0 Å². The first-order valence-electron chi connectivity index (χ1n) is 6.62. The van der Waals surface area contributed by atoms with E-state index in [0.29, 0.717) is 31.0 Å². The molecule has 2 aromatic rings. The van der Waals surface area contributed by atoms with Crippen molar-refractivity contribution < 1.29 is 15.0 Å². The molecule has 1 aliphatic heterocycles. The second-order valence-corrected chi connectivity index (χ2v) is 5.10. The molecule has 8 heteroatoms. The quantitative estimate of drug-likeness (QED) is 0.748. The van der Waals surface area contributed by atoms with Crippen LogP contribution in [0, 0.1) is 0 Å². The normalized spacial score (nSPS) is 22.2. The number of anilines is 1. The minimum atomic E-state index is -1.11. The molecular formula is C13H15N5O3. The van der Waals surface area contributed by atoms with Crippen molar-refractivity contribution in [2.75, 3.05) is 18.0 Å². The summed E-state index contributed by atoms with van der Waals surface area (Å²) in [5.74, 6) is -0.530. The van der Waals surface area contributed by atoms with E-state index < -0.39 is 11.6 Å². The van der Waals surface area contributed by atoms with Gasteiger partial charge in [-0.15, -0.1) is 0 Å². The molecule has 1 atom stereocenters. The van der Waals surface area contributed by atoms with Crippen molar-refractivity contribution in [2.24, 2.45) is 0 Å². The van der Waals surface area contributed by atoms with Gasteiger partial charge >= 0.3 is 5.97 Å². The predicted molar refractivity (Wildman–Crippen MR) is 72.9 cm³/mol. The Kier molecular flexibility index (Phi) is 3.30. The van der Waals surface area contributed by atoms with Gasteiger partial charge in [0, 0.05) is 6.54 Å². The molecule has 0 aromatic carbocycles. The van der Waals surface area contributed by atoms with Crippen LogP contribution in [0.3, 0.4) is 0 Å². The Morgan fingerprint density at radius 3 is 3.00 bits per heavy atom. The van der Waals surface area contributed by atoms with Crippen molar-refractivity contribution >= 4 is 11.8 Å². The number of aromatic amines is 1. The van der Waals surface area contributed by atoms with Gasteiger partial charge in [-0.1, -0.05) is 6.07 Å². The number of carboxylic acids is 1. The Labute approximate surface area is 120 Å². The molecular weight excluding hydrogens is 274 g/mol. The third-order valence-electron chi connectivity index (χ3n) is 3.64. The molecule has 1 fully saturated rings. The lowest BCUT2D eigenvalue weighted by Crippen LogP contribution is -2.46. The number of nitrogens with zero attached hydrogens (tertiary/aromatic N) is 4. The maximum absolute atomic E-state index is 11.0. The van der Waals surface area contributed by atoms with E-state index in [-0.39, 0.29) is 5.69 Å². The number of H-pyrrole nitrogens is 1. The van der Waals surface area contributed by atoms with E-state index in [1.165, 1.54) is 12.3 Å². The molecule has 2 aromatic heterocycles. The van der Waals surface area contributed by atoms with Crippen molar-refractivity contribution in [3.05, 3.63) is 35.8 Å². The monoisotopic (exact) mass is 289 g/mol. The Hall–Kier alpha value is -2.48. The van der Waals surface area contributed by atoms with Crippen LogP contribution in [-0.4, -0.2) is 49.7 Å². The van der Waals surface area contributed by atoms with E-state index >= 15 is 0 Å². The highest BCUT2D eigenvalue weighted by atomic mass is 16.4. The zero-order valence-electron chi connectivity index (χ0n) is 11.2. The van der Waals surface area contributed by atoms with E-state index in [4.69, 9.17) is 5.11 Å². The zero-order chi connectivity index (χ0) is 14.9. The summed E-state index contributed by atoms with van der Waals surface area (Å²) in [4.78, 5) is 17.0. The van der Waals surface area contributed by atoms with Gasteiger partial charge in [-0.25, -0.2) is 9.78 Å². The molecule has 1 unspecified atom stereocenters. The molecule has 0 spiro atoms. The van der Waals surface area contributed by atoms with E-state index in [1.54, 1.807) is 12.1 Å². The fourth-order valence-corrected chi connectivity index (χ4v) is 2.59. The fourth-order valence-electron chi connectivity index (χ4n) is 2.59. The molecule has 0 bridgehead atoms. The average Bonchev–Trinajstić information content (AvgIpc) is 3.02. The number of carbonyl (C=O) groups is 1. The van der Waals surface area contributed by atoms with Crippen molar-refractivity contribution in [3.63, 3.8) is 0 Å². The molecule has 3 N–H and O–H groups in total. The molecule has 1 saturated heterocycles. The topological polar surface area (TPSA) is 115 Å². The number of β-amino-alcohol motifs (C(OH)–C–C–N with tert-alkyl or cyclic N) is 1. The number of hydrogen-bond donors (Lipinski definition) is 3. The zero-order valence-corrected chi connectivity index (χ0v) is 11.2. The van der Waals surface area contributed by atoms with Gasteiger partial charge in [-0.2, -0.15) is 15.4 Å². The predicted octanol–water partition coefficient (Wildman–Crippen LogP) is 0.386. The summed E-state index contributed by atoms with van der Waals surface area (Å²) >= 11 is 0. The number of hydrogen-bond acceptors (Lipinski definition) is 6. The number of aromatic carboxylic acids is 1. The van der Waals surface area contributed by atoms with Gasteiger partial charge < -0.3 is 15.1 Å². The lowest BCUT2D eigenvalue weighted by molar-refractivity contribution is 0.0175. The minimum Gasteiger partial charge on any atom is -0.477 e. The molecule has 110 valence electrons. The standard InChI is InChI=1S/C13H15N5O3/c19-12(20)9-3-1-4-11(15-9)18-6-2-5-13(21,8-18)10-7-14-17-16-10/h1,3-4,7,21H,2,5-6,8H2,(H,19,20)(H,14,16,17). The van der Waals surface area contributed by atoms with Crippen LogP contribution < -0.4 is 4.90 Å². The first-order valence-corrected chi connectivity index (χ1v) is 6.62. The Balaban J connectivity index is 1.86. The van der Waals surface area contributed by atoms with E-state index in [9.17, 15) is 9.90 Å². The fraction of sp³-hybridized carbons (Fsp3) is 0.385. The molecule has 8 nitrogen and oxygen atoms in total. The maximum Gasteiger partial charge on any atom is 0.354 e. The van der Waals surface area contributed by atoms with Crippen molar-refractivity contribution in [1.29, 1.82) is 0 Å². The lowest BCUT2D eigenvalue weighted by Gasteiger charge is -2.38. The van der Waals surface area contributed by atoms with Gasteiger partial charge in [0.15, 0.2) is 5.69 Å². The van der Waals surface area contributed by atoms with Crippen LogP contribution in [0.15, 0.2) is 24.4 Å². The van der Waals surface area contributed by atoms with Crippen LogP contribution in [-0.2, 0) is 5.60 Å². The minimum absolute atomic E-state index is 0.0111. The Morgan fingerprint density at radius 2 is 2.29 bits per heavy atom. The lowest BCUT2D eigenvalue weighted by atomic mass is 9.90.